The van der Waals surface area contributed by atoms with Crippen LogP contribution in [0.2, 0.25) is 0 Å². The van der Waals surface area contributed by atoms with E-state index in [2.05, 4.69) is 0 Å². The van der Waals surface area contributed by atoms with Crippen LogP contribution in [0.5, 0.6) is 0 Å². The summed E-state index contributed by atoms with van der Waals surface area (Å²) >= 11 is 0. The van der Waals surface area contributed by atoms with Crippen molar-refractivity contribution in [3.05, 3.63) is 0 Å². The van der Waals surface area contributed by atoms with Crippen molar-refractivity contribution >= 4 is 11.8 Å². The van der Waals surface area contributed by atoms with Crippen molar-refractivity contribution in [2.24, 2.45) is 11.7 Å². The van der Waals surface area contributed by atoms with E-state index in [1.165, 1.54) is 0 Å². The third-order valence-electron chi connectivity index (χ3n) is 4.94. The predicted molar refractivity (Wildman–Crippen MR) is 71.2 cm³/mol. The highest BCUT2D eigenvalue weighted by Gasteiger charge is 2.39. The topological polar surface area (TPSA) is 66.6 Å². The second-order valence-electron chi connectivity index (χ2n) is 6.12. The van der Waals surface area contributed by atoms with Crippen LogP contribution in [0.3, 0.4) is 0 Å². The molecule has 5 heteroatoms. The molecule has 0 aromatic rings. The third-order valence-corrected chi connectivity index (χ3v) is 4.94. The second kappa shape index (κ2) is 5.12. The number of carbonyl (C=O) groups excluding carboxylic acids is 2. The average Bonchev–Trinajstić information content (AvgIpc) is 2.80. The second-order valence-corrected chi connectivity index (χ2v) is 6.12. The Labute approximate surface area is 114 Å². The van der Waals surface area contributed by atoms with Gasteiger partial charge >= 0.3 is 0 Å². The largest absolute Gasteiger partial charge is 0.339 e. The molecule has 0 aromatic carbocycles. The summed E-state index contributed by atoms with van der Waals surface area (Å²) in [5.41, 5.74) is 6.10. The molecule has 2 heterocycles. The van der Waals surface area contributed by atoms with E-state index in [1.807, 2.05) is 9.80 Å². The number of piperazine rings is 1. The van der Waals surface area contributed by atoms with Crippen LogP contribution in [-0.4, -0.2) is 53.3 Å². The highest BCUT2D eigenvalue weighted by atomic mass is 16.2. The Kier molecular flexibility index (Phi) is 3.48. The number of hydrogen-bond acceptors (Lipinski definition) is 3. The maximum Gasteiger partial charge on any atom is 0.227 e. The molecule has 0 radical (unpaired) electrons. The van der Waals surface area contributed by atoms with Crippen LogP contribution >= 0.6 is 0 Å². The highest BCUT2D eigenvalue weighted by molar-refractivity contribution is 5.82. The maximum absolute atomic E-state index is 12.6. The fourth-order valence-corrected chi connectivity index (χ4v) is 3.77. The zero-order chi connectivity index (χ0) is 13.4. The van der Waals surface area contributed by atoms with Crippen molar-refractivity contribution in [3.63, 3.8) is 0 Å². The minimum absolute atomic E-state index is 0.0115. The highest BCUT2D eigenvalue weighted by Crippen LogP contribution is 2.28. The van der Waals surface area contributed by atoms with Crippen molar-refractivity contribution in [2.75, 3.05) is 19.6 Å². The van der Waals surface area contributed by atoms with Gasteiger partial charge in [0, 0.05) is 38.1 Å². The molecule has 2 aliphatic heterocycles. The average molecular weight is 265 g/mol. The van der Waals surface area contributed by atoms with Crippen molar-refractivity contribution in [3.8, 4) is 0 Å². The maximum atomic E-state index is 12.6. The van der Waals surface area contributed by atoms with Gasteiger partial charge in [-0.05, 0) is 19.3 Å². The summed E-state index contributed by atoms with van der Waals surface area (Å²) in [4.78, 5) is 28.1. The Morgan fingerprint density at radius 2 is 1.95 bits per heavy atom. The normalized spacial score (nSPS) is 35.4. The minimum atomic E-state index is 0.0115. The lowest BCUT2D eigenvalue weighted by molar-refractivity contribution is -0.143. The summed E-state index contributed by atoms with van der Waals surface area (Å²) in [5.74, 6) is 0.495. The van der Waals surface area contributed by atoms with E-state index in [-0.39, 0.29) is 29.8 Å². The zero-order valence-electron chi connectivity index (χ0n) is 11.4. The Balaban J connectivity index is 1.63. The van der Waals surface area contributed by atoms with E-state index < -0.39 is 0 Å². The summed E-state index contributed by atoms with van der Waals surface area (Å²) in [5, 5.41) is 0. The van der Waals surface area contributed by atoms with E-state index in [0.29, 0.717) is 26.1 Å². The molecule has 2 N–H and O–H groups in total. The number of fused-ring (bicyclic) bond motifs is 1. The fourth-order valence-electron chi connectivity index (χ4n) is 3.77. The molecule has 1 saturated carbocycles. The lowest BCUT2D eigenvalue weighted by Gasteiger charge is -2.40. The lowest BCUT2D eigenvalue weighted by Crippen LogP contribution is -2.56. The first-order valence-corrected chi connectivity index (χ1v) is 7.50. The summed E-state index contributed by atoms with van der Waals surface area (Å²) in [6, 6.07) is 0.287. The number of rotatable bonds is 1. The van der Waals surface area contributed by atoms with E-state index in [9.17, 15) is 9.59 Å². The van der Waals surface area contributed by atoms with E-state index >= 15 is 0 Å². The lowest BCUT2D eigenvalue weighted by atomic mass is 9.84. The number of amides is 2. The van der Waals surface area contributed by atoms with Crippen molar-refractivity contribution in [1.29, 1.82) is 0 Å². The van der Waals surface area contributed by atoms with Crippen LogP contribution in [-0.2, 0) is 9.59 Å². The first-order chi connectivity index (χ1) is 9.16. The van der Waals surface area contributed by atoms with Gasteiger partial charge < -0.3 is 15.5 Å². The molecule has 3 atom stereocenters. The monoisotopic (exact) mass is 265 g/mol. The van der Waals surface area contributed by atoms with Gasteiger partial charge in [-0.15, -0.1) is 0 Å². The molecule has 0 spiro atoms. The third kappa shape index (κ3) is 2.36. The van der Waals surface area contributed by atoms with E-state index in [4.69, 9.17) is 5.73 Å². The van der Waals surface area contributed by atoms with E-state index in [1.54, 1.807) is 0 Å². The molecule has 1 aliphatic carbocycles. The van der Waals surface area contributed by atoms with Crippen LogP contribution in [0.1, 0.15) is 38.5 Å². The Morgan fingerprint density at radius 3 is 2.74 bits per heavy atom. The summed E-state index contributed by atoms with van der Waals surface area (Å²) in [7, 11) is 0. The zero-order valence-corrected chi connectivity index (χ0v) is 11.4. The first-order valence-electron chi connectivity index (χ1n) is 7.50. The van der Waals surface area contributed by atoms with Crippen LogP contribution in [0.4, 0.5) is 0 Å². The van der Waals surface area contributed by atoms with Crippen LogP contribution in [0.25, 0.3) is 0 Å². The van der Waals surface area contributed by atoms with Crippen LogP contribution in [0.15, 0.2) is 0 Å². The summed E-state index contributed by atoms with van der Waals surface area (Å²) in [6.45, 7) is 2.11. The number of carbonyl (C=O) groups is 2. The van der Waals surface area contributed by atoms with Gasteiger partial charge in [-0.25, -0.2) is 0 Å². The van der Waals surface area contributed by atoms with Crippen molar-refractivity contribution in [2.45, 2.75) is 50.6 Å². The smallest absolute Gasteiger partial charge is 0.227 e. The van der Waals surface area contributed by atoms with Gasteiger partial charge in [-0.3, -0.25) is 9.59 Å². The SMILES string of the molecule is NC1CCCCC1C(=O)N1CCN2C(=O)CCC2C1. The Bertz CT molecular complexity index is 385. The Morgan fingerprint density at radius 1 is 1.16 bits per heavy atom. The van der Waals surface area contributed by atoms with Gasteiger partial charge in [0.15, 0.2) is 0 Å². The predicted octanol–water partition coefficient (Wildman–Crippen LogP) is 0.337. The van der Waals surface area contributed by atoms with Crippen LogP contribution < -0.4 is 5.73 Å². The minimum Gasteiger partial charge on any atom is -0.339 e. The molecule has 3 rings (SSSR count). The number of nitrogens with zero attached hydrogens (tertiary/aromatic N) is 2. The summed E-state index contributed by atoms with van der Waals surface area (Å²) in [6.07, 6.45) is 5.72. The quantitative estimate of drug-likeness (QED) is 0.743. The molecule has 3 unspecified atom stereocenters. The molecule has 0 bridgehead atoms. The Hall–Kier alpha value is -1.10. The van der Waals surface area contributed by atoms with Gasteiger partial charge in [-0.1, -0.05) is 12.8 Å². The van der Waals surface area contributed by atoms with Gasteiger partial charge in [0.25, 0.3) is 0 Å². The molecule has 2 saturated heterocycles. The summed E-state index contributed by atoms with van der Waals surface area (Å²) < 4.78 is 0. The van der Waals surface area contributed by atoms with Gasteiger partial charge in [-0.2, -0.15) is 0 Å². The first kappa shape index (κ1) is 12.9. The fraction of sp³-hybridized carbons (Fsp3) is 0.857. The van der Waals surface area contributed by atoms with Crippen LogP contribution in [0, 0.1) is 5.92 Å². The molecule has 3 aliphatic rings. The van der Waals surface area contributed by atoms with E-state index in [0.717, 1.165) is 32.1 Å². The van der Waals surface area contributed by atoms with Gasteiger partial charge in [0.1, 0.15) is 0 Å². The molecular formula is C14H23N3O2. The molecule has 2 amide bonds. The van der Waals surface area contributed by atoms with Crippen molar-refractivity contribution in [1.82, 2.24) is 9.80 Å². The molecule has 0 aromatic heterocycles. The molecule has 106 valence electrons. The number of hydrogen-bond donors (Lipinski definition) is 1. The van der Waals surface area contributed by atoms with Crippen molar-refractivity contribution < 1.29 is 9.59 Å². The molecule has 5 nitrogen and oxygen atoms in total. The number of nitrogens with two attached hydrogens (primary N) is 1. The molecular weight excluding hydrogens is 242 g/mol. The standard InChI is InChI=1S/C14H23N3O2/c15-12-4-2-1-3-11(12)14(19)16-7-8-17-10(9-16)5-6-13(17)18/h10-12H,1-9,15H2. The molecule has 3 fully saturated rings. The van der Waals surface area contributed by atoms with Gasteiger partial charge in [0.05, 0.1) is 5.92 Å². The molecule has 19 heavy (non-hydrogen) atoms. The van der Waals surface area contributed by atoms with Gasteiger partial charge in [0.2, 0.25) is 11.8 Å².